The van der Waals surface area contributed by atoms with Crippen molar-refractivity contribution in [1.82, 2.24) is 4.90 Å². The van der Waals surface area contributed by atoms with Crippen LogP contribution in [-0.4, -0.2) is 30.7 Å². The van der Waals surface area contributed by atoms with Gasteiger partial charge in [0.15, 0.2) is 0 Å². The zero-order valence-electron chi connectivity index (χ0n) is 14.5. The monoisotopic (exact) mass is 323 g/mol. The smallest absolute Gasteiger partial charge is 0.409 e. The summed E-state index contributed by atoms with van der Waals surface area (Å²) in [5, 5.41) is 0. The first-order valence-electron chi connectivity index (χ1n) is 8.86. The molecule has 1 amide bonds. The molecule has 24 heavy (non-hydrogen) atoms. The van der Waals surface area contributed by atoms with Crippen LogP contribution in [0.3, 0.4) is 0 Å². The third-order valence-electron chi connectivity index (χ3n) is 4.58. The van der Waals surface area contributed by atoms with Crippen LogP contribution in [0.4, 0.5) is 4.79 Å². The minimum absolute atomic E-state index is 0.131. The van der Waals surface area contributed by atoms with Gasteiger partial charge in [-0.3, -0.25) is 0 Å². The maximum Gasteiger partial charge on any atom is 0.409 e. The van der Waals surface area contributed by atoms with Crippen LogP contribution in [0.15, 0.2) is 48.5 Å². The van der Waals surface area contributed by atoms with Crippen molar-refractivity contribution in [3.8, 4) is 11.1 Å². The van der Waals surface area contributed by atoms with Crippen molar-refractivity contribution in [2.24, 2.45) is 0 Å². The van der Waals surface area contributed by atoms with Gasteiger partial charge in [-0.25, -0.2) is 4.79 Å². The Balaban J connectivity index is 1.77. The first-order valence-corrected chi connectivity index (χ1v) is 8.86. The number of hydrogen-bond acceptors (Lipinski definition) is 2. The van der Waals surface area contributed by atoms with E-state index in [-0.39, 0.29) is 12.0 Å². The summed E-state index contributed by atoms with van der Waals surface area (Å²) in [6, 6.07) is 16.8. The topological polar surface area (TPSA) is 29.5 Å². The van der Waals surface area contributed by atoms with Crippen LogP contribution >= 0.6 is 0 Å². The lowest BCUT2D eigenvalue weighted by Gasteiger charge is -2.22. The molecule has 0 spiro atoms. The van der Waals surface area contributed by atoms with Gasteiger partial charge in [0, 0.05) is 19.0 Å². The lowest BCUT2D eigenvalue weighted by molar-refractivity contribution is 0.0996. The SMILES string of the molecule is CCCN(CCC)C(=O)OCC1c2ccccc2-c2ccccc21. The Morgan fingerprint density at radius 2 is 1.42 bits per heavy atom. The molecule has 2 aromatic carbocycles. The first-order chi connectivity index (χ1) is 11.8. The van der Waals surface area contributed by atoms with Gasteiger partial charge in [0.25, 0.3) is 0 Å². The summed E-state index contributed by atoms with van der Waals surface area (Å²) in [6.07, 6.45) is 1.70. The van der Waals surface area contributed by atoms with E-state index in [0.29, 0.717) is 6.61 Å². The molecule has 0 aliphatic heterocycles. The zero-order valence-corrected chi connectivity index (χ0v) is 14.5. The molecule has 0 fully saturated rings. The molecule has 0 unspecified atom stereocenters. The quantitative estimate of drug-likeness (QED) is 0.744. The Kier molecular flexibility index (Phi) is 5.19. The molecule has 0 N–H and O–H groups in total. The number of hydrogen-bond donors (Lipinski definition) is 0. The normalized spacial score (nSPS) is 12.6. The van der Waals surface area contributed by atoms with E-state index in [1.807, 2.05) is 4.90 Å². The maximum absolute atomic E-state index is 12.4. The summed E-state index contributed by atoms with van der Waals surface area (Å²) in [5.41, 5.74) is 5.02. The maximum atomic E-state index is 12.4. The second kappa shape index (κ2) is 7.52. The molecule has 0 bridgehead atoms. The van der Waals surface area contributed by atoms with Gasteiger partial charge in [-0.15, -0.1) is 0 Å². The van der Waals surface area contributed by atoms with E-state index in [9.17, 15) is 4.79 Å². The van der Waals surface area contributed by atoms with Crippen LogP contribution in [0.1, 0.15) is 43.7 Å². The van der Waals surface area contributed by atoms with Crippen molar-refractivity contribution in [3.05, 3.63) is 59.7 Å². The van der Waals surface area contributed by atoms with Crippen molar-refractivity contribution < 1.29 is 9.53 Å². The molecule has 3 heteroatoms. The van der Waals surface area contributed by atoms with Gasteiger partial charge in [0.05, 0.1) is 0 Å². The van der Waals surface area contributed by atoms with Gasteiger partial charge in [0.2, 0.25) is 0 Å². The van der Waals surface area contributed by atoms with Crippen LogP contribution in [0, 0.1) is 0 Å². The van der Waals surface area contributed by atoms with Crippen LogP contribution in [-0.2, 0) is 4.74 Å². The molecule has 0 heterocycles. The number of carbonyl (C=O) groups is 1. The van der Waals surface area contributed by atoms with Crippen LogP contribution < -0.4 is 0 Å². The molecule has 3 rings (SSSR count). The summed E-state index contributed by atoms with van der Waals surface area (Å²) >= 11 is 0. The number of fused-ring (bicyclic) bond motifs is 3. The molecule has 3 nitrogen and oxygen atoms in total. The van der Waals surface area contributed by atoms with Crippen LogP contribution in [0.25, 0.3) is 11.1 Å². The highest BCUT2D eigenvalue weighted by molar-refractivity contribution is 5.79. The molecule has 2 aromatic rings. The summed E-state index contributed by atoms with van der Waals surface area (Å²) < 4.78 is 5.69. The van der Waals surface area contributed by atoms with Crippen molar-refractivity contribution in [2.75, 3.05) is 19.7 Å². The van der Waals surface area contributed by atoms with E-state index in [1.165, 1.54) is 22.3 Å². The van der Waals surface area contributed by atoms with Gasteiger partial charge in [-0.1, -0.05) is 62.4 Å². The predicted molar refractivity (Wildman–Crippen MR) is 97.2 cm³/mol. The average Bonchev–Trinajstić information content (AvgIpc) is 2.93. The molecule has 1 aliphatic rings. The number of nitrogens with zero attached hydrogens (tertiary/aromatic N) is 1. The highest BCUT2D eigenvalue weighted by Gasteiger charge is 2.29. The van der Waals surface area contributed by atoms with Gasteiger partial charge in [-0.2, -0.15) is 0 Å². The van der Waals surface area contributed by atoms with Gasteiger partial charge < -0.3 is 9.64 Å². The van der Waals surface area contributed by atoms with Gasteiger partial charge in [-0.05, 0) is 35.1 Å². The Morgan fingerprint density at radius 3 is 1.92 bits per heavy atom. The Bertz CT molecular complexity index is 659. The summed E-state index contributed by atoms with van der Waals surface area (Å²) in [7, 11) is 0. The number of amides is 1. The second-order valence-corrected chi connectivity index (χ2v) is 6.29. The molecule has 0 saturated carbocycles. The van der Waals surface area contributed by atoms with E-state index in [4.69, 9.17) is 4.74 Å². The number of ether oxygens (including phenoxy) is 1. The molecular formula is C21H25NO2. The number of benzene rings is 2. The summed E-state index contributed by atoms with van der Waals surface area (Å²) in [4.78, 5) is 14.2. The van der Waals surface area contributed by atoms with E-state index < -0.39 is 0 Å². The Hall–Kier alpha value is -2.29. The minimum atomic E-state index is -0.194. The number of rotatable bonds is 6. The molecule has 0 atom stereocenters. The van der Waals surface area contributed by atoms with E-state index in [0.717, 1.165) is 25.9 Å². The van der Waals surface area contributed by atoms with E-state index in [2.05, 4.69) is 62.4 Å². The highest BCUT2D eigenvalue weighted by Crippen LogP contribution is 2.44. The third-order valence-corrected chi connectivity index (χ3v) is 4.58. The molecule has 1 aliphatic carbocycles. The van der Waals surface area contributed by atoms with Crippen LogP contribution in [0.2, 0.25) is 0 Å². The molecule has 0 aromatic heterocycles. The van der Waals surface area contributed by atoms with Crippen molar-refractivity contribution >= 4 is 6.09 Å². The lowest BCUT2D eigenvalue weighted by Crippen LogP contribution is -2.33. The first kappa shape index (κ1) is 16.6. The fourth-order valence-electron chi connectivity index (χ4n) is 3.52. The minimum Gasteiger partial charge on any atom is -0.448 e. The average molecular weight is 323 g/mol. The molecule has 0 saturated heterocycles. The highest BCUT2D eigenvalue weighted by atomic mass is 16.6. The predicted octanol–water partition coefficient (Wildman–Crippen LogP) is 5.06. The van der Waals surface area contributed by atoms with Crippen LogP contribution in [0.5, 0.6) is 0 Å². The van der Waals surface area contributed by atoms with Gasteiger partial charge >= 0.3 is 6.09 Å². The summed E-state index contributed by atoms with van der Waals surface area (Å²) in [5.74, 6) is 0.131. The second-order valence-electron chi connectivity index (χ2n) is 6.29. The standard InChI is InChI=1S/C21H25NO2/c1-3-13-22(14-4-2)21(23)24-15-20-18-11-7-5-9-16(18)17-10-6-8-12-19(17)20/h5-12,20H,3-4,13-15H2,1-2H3. The largest absolute Gasteiger partial charge is 0.448 e. The number of carbonyl (C=O) groups excluding carboxylic acids is 1. The molecular weight excluding hydrogens is 298 g/mol. The van der Waals surface area contributed by atoms with Crippen molar-refractivity contribution in [2.45, 2.75) is 32.6 Å². The summed E-state index contributed by atoms with van der Waals surface area (Å²) in [6.45, 7) is 6.07. The fraction of sp³-hybridized carbons (Fsp3) is 0.381. The fourth-order valence-corrected chi connectivity index (χ4v) is 3.52. The van der Waals surface area contributed by atoms with Gasteiger partial charge in [0.1, 0.15) is 6.61 Å². The van der Waals surface area contributed by atoms with E-state index in [1.54, 1.807) is 0 Å². The zero-order chi connectivity index (χ0) is 16.9. The third kappa shape index (κ3) is 3.16. The molecule has 0 radical (unpaired) electrons. The van der Waals surface area contributed by atoms with E-state index >= 15 is 0 Å². The molecule has 126 valence electrons. The Morgan fingerprint density at radius 1 is 0.917 bits per heavy atom. The Labute approximate surface area is 144 Å². The van der Waals surface area contributed by atoms with Crippen molar-refractivity contribution in [3.63, 3.8) is 0 Å². The van der Waals surface area contributed by atoms with Crippen molar-refractivity contribution in [1.29, 1.82) is 0 Å². The lowest BCUT2D eigenvalue weighted by atomic mass is 9.98.